The van der Waals surface area contributed by atoms with Crippen molar-refractivity contribution < 1.29 is 15.1 Å². The average molecular weight is 258 g/mol. The van der Waals surface area contributed by atoms with Crippen LogP contribution in [0.15, 0.2) is 36.4 Å². The van der Waals surface area contributed by atoms with Crippen LogP contribution in [0.1, 0.15) is 0 Å². The summed E-state index contributed by atoms with van der Waals surface area (Å²) in [6.45, 7) is 0. The van der Waals surface area contributed by atoms with E-state index in [-0.39, 0.29) is 22.7 Å². The van der Waals surface area contributed by atoms with Crippen molar-refractivity contribution in [3.05, 3.63) is 41.6 Å². The van der Waals surface area contributed by atoms with Gasteiger partial charge in [-0.3, -0.25) is 5.21 Å². The largest absolute Gasteiger partial charge is 0.871 e. The zero-order chi connectivity index (χ0) is 13.6. The number of fused-ring (bicyclic) bond motifs is 2. The highest BCUT2D eigenvalue weighted by atomic mass is 16.5. The van der Waals surface area contributed by atoms with Gasteiger partial charge in [-0.25, -0.2) is 5.06 Å². The van der Waals surface area contributed by atoms with E-state index in [1.807, 2.05) is 0 Å². The summed E-state index contributed by atoms with van der Waals surface area (Å²) < 4.78 is 5.12. The third kappa shape index (κ3) is 1.51. The average Bonchev–Trinajstić information content (AvgIpc) is 2.43. The van der Waals surface area contributed by atoms with Gasteiger partial charge in [-0.2, -0.15) is 0 Å². The Balaban J connectivity index is 2.29. The lowest BCUT2D eigenvalue weighted by molar-refractivity contribution is -0.267. The monoisotopic (exact) mass is 258 g/mol. The van der Waals surface area contributed by atoms with E-state index in [2.05, 4.69) is 0 Å². The zero-order valence-corrected chi connectivity index (χ0v) is 10.0. The molecule has 98 valence electrons. The molecule has 2 aromatic carbocycles. The number of hydrogen-bond acceptors (Lipinski definition) is 6. The molecule has 3 rings (SSSR count). The summed E-state index contributed by atoms with van der Waals surface area (Å²) in [5, 5.41) is 35.6. The number of hydrogen-bond donors (Lipinski definition) is 1. The minimum absolute atomic E-state index is 0.0572. The highest BCUT2D eigenvalue weighted by Crippen LogP contribution is 2.52. The minimum Gasteiger partial charge on any atom is -0.871 e. The lowest BCUT2D eigenvalue weighted by Crippen LogP contribution is -2.25. The van der Waals surface area contributed by atoms with Crippen molar-refractivity contribution in [1.29, 1.82) is 0 Å². The normalized spacial score (nSPS) is 13.0. The molecule has 0 saturated heterocycles. The van der Waals surface area contributed by atoms with Gasteiger partial charge in [-0.05, 0) is 18.2 Å². The van der Waals surface area contributed by atoms with Crippen LogP contribution < -0.4 is 20.0 Å². The Morgan fingerprint density at radius 2 is 1.74 bits per heavy atom. The first-order chi connectivity index (χ1) is 9.15. The van der Waals surface area contributed by atoms with E-state index in [4.69, 9.17) is 4.74 Å². The first kappa shape index (κ1) is 11.6. The number of benzene rings is 2. The summed E-state index contributed by atoms with van der Waals surface area (Å²) in [4.78, 5) is 0. The standard InChI is InChI=1S/C13H11N2O4/c1-19-11-7-3-5-9-13(11)15(18)8-4-2-6-10(16)12(8)14(9)17/h2-7,16-17H,1H3/q-1/p-1. The van der Waals surface area contributed by atoms with Crippen molar-refractivity contribution in [3.63, 3.8) is 0 Å². The summed E-state index contributed by atoms with van der Waals surface area (Å²) >= 11 is 0. The third-order valence-electron chi connectivity index (χ3n) is 3.04. The molecule has 19 heavy (non-hydrogen) atoms. The maximum Gasteiger partial charge on any atom is 0.143 e. The number of methoxy groups -OCH3 is 1. The molecule has 1 N–H and O–H groups in total. The number of rotatable bonds is 1. The molecule has 1 heterocycles. The fourth-order valence-corrected chi connectivity index (χ4v) is 2.18. The van der Waals surface area contributed by atoms with Crippen LogP contribution >= 0.6 is 0 Å². The predicted molar refractivity (Wildman–Crippen MR) is 68.3 cm³/mol. The van der Waals surface area contributed by atoms with Gasteiger partial charge in [0.05, 0.1) is 29.9 Å². The van der Waals surface area contributed by atoms with Crippen LogP contribution in [0.4, 0.5) is 22.7 Å². The highest BCUT2D eigenvalue weighted by Gasteiger charge is 2.26. The molecule has 1 aliphatic heterocycles. The van der Waals surface area contributed by atoms with E-state index >= 15 is 0 Å². The lowest BCUT2D eigenvalue weighted by atomic mass is 10.1. The molecule has 0 saturated carbocycles. The van der Waals surface area contributed by atoms with Crippen molar-refractivity contribution in [1.82, 2.24) is 0 Å². The number of ether oxygens (including phenoxy) is 1. The van der Waals surface area contributed by atoms with Gasteiger partial charge >= 0.3 is 0 Å². The molecular formula is C13H10N2O4-2. The van der Waals surface area contributed by atoms with E-state index in [0.29, 0.717) is 10.8 Å². The smallest absolute Gasteiger partial charge is 0.143 e. The van der Waals surface area contributed by atoms with Crippen LogP contribution in [0.25, 0.3) is 0 Å². The predicted octanol–water partition coefficient (Wildman–Crippen LogP) is 2.25. The molecule has 0 aliphatic carbocycles. The molecule has 1 aliphatic rings. The molecule has 0 fully saturated rings. The fourth-order valence-electron chi connectivity index (χ4n) is 2.18. The second-order valence-corrected chi connectivity index (χ2v) is 4.06. The van der Waals surface area contributed by atoms with Crippen LogP contribution in [0, 0.1) is 5.21 Å². The summed E-state index contributed by atoms with van der Waals surface area (Å²) in [7, 11) is 1.44. The highest BCUT2D eigenvalue weighted by molar-refractivity contribution is 5.96. The SMILES string of the molecule is COc1cccc2c1N([O-])c1cccc([O-])c1N2O. The molecule has 0 spiro atoms. The van der Waals surface area contributed by atoms with E-state index in [1.54, 1.807) is 12.1 Å². The van der Waals surface area contributed by atoms with E-state index < -0.39 is 5.75 Å². The molecule has 0 aromatic heterocycles. The fraction of sp³-hybridized carbons (Fsp3) is 0.0769. The molecule has 0 unspecified atom stereocenters. The number of nitrogens with zero attached hydrogens (tertiary/aromatic N) is 2. The topological polar surface area (TPSA) is 82.1 Å². The van der Waals surface area contributed by atoms with E-state index in [1.165, 1.54) is 31.4 Å². The van der Waals surface area contributed by atoms with Gasteiger partial charge < -0.3 is 20.1 Å². The second kappa shape index (κ2) is 4.04. The third-order valence-corrected chi connectivity index (χ3v) is 3.04. The molecule has 0 atom stereocenters. The Morgan fingerprint density at radius 3 is 2.47 bits per heavy atom. The summed E-state index contributed by atoms with van der Waals surface area (Å²) in [6.07, 6.45) is 0. The van der Waals surface area contributed by atoms with Crippen molar-refractivity contribution in [2.24, 2.45) is 0 Å². The Kier molecular flexibility index (Phi) is 2.48. The van der Waals surface area contributed by atoms with Crippen molar-refractivity contribution in [3.8, 4) is 11.5 Å². The molecule has 0 radical (unpaired) electrons. The summed E-state index contributed by atoms with van der Waals surface area (Å²) in [5.41, 5.74) is 0.418. The Hall–Kier alpha value is -2.44. The van der Waals surface area contributed by atoms with Crippen molar-refractivity contribution >= 4 is 22.7 Å². The van der Waals surface area contributed by atoms with Gasteiger partial charge in [0.15, 0.2) is 0 Å². The van der Waals surface area contributed by atoms with Crippen LogP contribution in [0.3, 0.4) is 0 Å². The molecule has 0 amide bonds. The van der Waals surface area contributed by atoms with Gasteiger partial charge in [-0.1, -0.05) is 23.9 Å². The maximum absolute atomic E-state index is 12.3. The van der Waals surface area contributed by atoms with Crippen LogP contribution in [-0.2, 0) is 0 Å². The molecule has 6 heteroatoms. The Morgan fingerprint density at radius 1 is 1.05 bits per heavy atom. The Labute approximate surface area is 109 Å². The molecule has 2 aromatic rings. The van der Waals surface area contributed by atoms with Crippen LogP contribution in [0.5, 0.6) is 11.5 Å². The number of anilines is 4. The molecule has 6 nitrogen and oxygen atoms in total. The lowest BCUT2D eigenvalue weighted by Gasteiger charge is -2.43. The van der Waals surface area contributed by atoms with Crippen LogP contribution in [-0.4, -0.2) is 12.3 Å². The van der Waals surface area contributed by atoms with Crippen molar-refractivity contribution in [2.75, 3.05) is 17.2 Å². The summed E-state index contributed by atoms with van der Waals surface area (Å²) in [5.74, 6) is -0.0946. The summed E-state index contributed by atoms with van der Waals surface area (Å²) in [6, 6.07) is 9.03. The Bertz CT molecular complexity index is 645. The van der Waals surface area contributed by atoms with Gasteiger partial charge in [0, 0.05) is 0 Å². The van der Waals surface area contributed by atoms with Gasteiger partial charge in [0.2, 0.25) is 0 Å². The second-order valence-electron chi connectivity index (χ2n) is 4.06. The quantitative estimate of drug-likeness (QED) is 0.844. The van der Waals surface area contributed by atoms with E-state index in [9.17, 15) is 15.5 Å². The first-order valence-electron chi connectivity index (χ1n) is 5.58. The molecular weight excluding hydrogens is 248 g/mol. The van der Waals surface area contributed by atoms with Gasteiger partial charge in [-0.15, -0.1) is 0 Å². The number of para-hydroxylation sites is 2. The van der Waals surface area contributed by atoms with Gasteiger partial charge in [0.25, 0.3) is 0 Å². The minimum atomic E-state index is -0.422. The van der Waals surface area contributed by atoms with Gasteiger partial charge in [0.1, 0.15) is 5.75 Å². The molecule has 0 bridgehead atoms. The first-order valence-corrected chi connectivity index (χ1v) is 5.58. The van der Waals surface area contributed by atoms with Crippen molar-refractivity contribution in [2.45, 2.75) is 0 Å². The van der Waals surface area contributed by atoms with Crippen LogP contribution in [0.2, 0.25) is 0 Å². The van der Waals surface area contributed by atoms with E-state index in [0.717, 1.165) is 5.06 Å². The maximum atomic E-state index is 12.3. The zero-order valence-electron chi connectivity index (χ0n) is 10.0.